The number of ether oxygens (including phenoxy) is 2. The van der Waals surface area contributed by atoms with Gasteiger partial charge in [0.2, 0.25) is 5.91 Å². The summed E-state index contributed by atoms with van der Waals surface area (Å²) in [6.07, 6.45) is -3.05. The van der Waals surface area contributed by atoms with E-state index in [-0.39, 0.29) is 25.3 Å². The third kappa shape index (κ3) is 8.48. The van der Waals surface area contributed by atoms with Gasteiger partial charge in [-0.25, -0.2) is 15.2 Å². The maximum atomic E-state index is 12.9. The SMILES string of the molecule is CCOC(=O)COc1ccc(/C=N\NC(=O)Cc2csc(Nc3cccc(C(F)(F)F)c3)n2)cc1I. The van der Waals surface area contributed by atoms with Crippen LogP contribution in [0.2, 0.25) is 0 Å². The van der Waals surface area contributed by atoms with Gasteiger partial charge in [-0.15, -0.1) is 11.3 Å². The van der Waals surface area contributed by atoms with Crippen molar-refractivity contribution in [1.29, 1.82) is 0 Å². The van der Waals surface area contributed by atoms with Gasteiger partial charge in [-0.2, -0.15) is 18.3 Å². The first kappa shape index (κ1) is 27.4. The monoisotopic (exact) mass is 632 g/mol. The number of thiazole rings is 1. The van der Waals surface area contributed by atoms with E-state index in [4.69, 9.17) is 9.47 Å². The average molecular weight is 632 g/mol. The molecule has 0 radical (unpaired) electrons. The van der Waals surface area contributed by atoms with Crippen LogP contribution in [0.3, 0.4) is 0 Å². The molecule has 0 fully saturated rings. The Bertz CT molecular complexity index is 1250. The third-order valence-corrected chi connectivity index (χ3v) is 5.99. The van der Waals surface area contributed by atoms with Crippen LogP contribution < -0.4 is 15.5 Å². The first-order chi connectivity index (χ1) is 17.1. The summed E-state index contributed by atoms with van der Waals surface area (Å²) in [4.78, 5) is 27.8. The Hall–Kier alpha value is -3.20. The van der Waals surface area contributed by atoms with Gasteiger partial charge in [0.05, 0.1) is 34.1 Å². The molecule has 2 N–H and O–H groups in total. The van der Waals surface area contributed by atoms with E-state index in [0.29, 0.717) is 22.1 Å². The number of alkyl halides is 3. The number of hydrogen-bond donors (Lipinski definition) is 2. The summed E-state index contributed by atoms with van der Waals surface area (Å²) in [6.45, 7) is 1.80. The van der Waals surface area contributed by atoms with E-state index in [9.17, 15) is 22.8 Å². The van der Waals surface area contributed by atoms with Crippen LogP contribution >= 0.6 is 33.9 Å². The minimum atomic E-state index is -4.44. The van der Waals surface area contributed by atoms with Gasteiger partial charge in [0.1, 0.15) is 5.75 Å². The molecule has 13 heteroatoms. The standard InChI is InChI=1S/C23H20F3IN4O4S/c1-2-34-21(33)12-35-19-7-6-14(8-18(19)27)11-28-31-20(32)10-17-13-36-22(30-17)29-16-5-3-4-15(9-16)23(24,25)26/h3-9,11,13H,2,10,12H2,1H3,(H,29,30)(H,31,32)/b28-11-. The molecule has 0 atom stereocenters. The van der Waals surface area contributed by atoms with Gasteiger partial charge in [0.15, 0.2) is 11.7 Å². The second-order valence-corrected chi connectivity index (χ2v) is 9.12. The maximum Gasteiger partial charge on any atom is 0.416 e. The predicted octanol–water partition coefficient (Wildman–Crippen LogP) is 5.14. The number of hydrogen-bond acceptors (Lipinski definition) is 8. The second kappa shape index (κ2) is 12.7. The van der Waals surface area contributed by atoms with E-state index < -0.39 is 23.6 Å². The molecule has 190 valence electrons. The Labute approximate surface area is 222 Å². The predicted molar refractivity (Wildman–Crippen MR) is 138 cm³/mol. The lowest BCUT2D eigenvalue weighted by Gasteiger charge is -2.08. The number of rotatable bonds is 10. The fourth-order valence-corrected chi connectivity index (χ4v) is 4.20. The molecule has 0 bridgehead atoms. The number of nitrogens with one attached hydrogen (secondary N) is 2. The fourth-order valence-electron chi connectivity index (χ4n) is 2.78. The van der Waals surface area contributed by atoms with E-state index in [1.54, 1.807) is 30.5 Å². The second-order valence-electron chi connectivity index (χ2n) is 7.10. The summed E-state index contributed by atoms with van der Waals surface area (Å²) in [5.41, 5.74) is 3.02. The molecule has 0 saturated heterocycles. The van der Waals surface area contributed by atoms with Gasteiger partial charge in [-0.05, 0) is 71.5 Å². The number of anilines is 2. The van der Waals surface area contributed by atoms with E-state index in [0.717, 1.165) is 15.7 Å². The topological polar surface area (TPSA) is 102 Å². The molecule has 2 aromatic carbocycles. The molecule has 0 aliphatic rings. The number of esters is 1. The van der Waals surface area contributed by atoms with Gasteiger partial charge in [0.25, 0.3) is 0 Å². The summed E-state index contributed by atoms with van der Waals surface area (Å²) in [5.74, 6) is -0.352. The van der Waals surface area contributed by atoms with Crippen molar-refractivity contribution in [3.63, 3.8) is 0 Å². The molecule has 0 aliphatic carbocycles. The van der Waals surface area contributed by atoms with E-state index in [1.807, 2.05) is 0 Å². The number of benzene rings is 2. The number of halogens is 4. The Morgan fingerprint density at radius 2 is 2.03 bits per heavy atom. The Kier molecular flexibility index (Phi) is 9.64. The number of nitrogens with zero attached hydrogens (tertiary/aromatic N) is 2. The van der Waals surface area contributed by atoms with Crippen molar-refractivity contribution in [3.8, 4) is 5.75 Å². The van der Waals surface area contributed by atoms with Crippen LogP contribution in [-0.4, -0.2) is 36.3 Å². The smallest absolute Gasteiger partial charge is 0.416 e. The molecular weight excluding hydrogens is 612 g/mol. The van der Waals surface area contributed by atoms with Crippen molar-refractivity contribution < 1.29 is 32.2 Å². The molecule has 0 spiro atoms. The van der Waals surface area contributed by atoms with Crippen molar-refractivity contribution >= 4 is 62.8 Å². The normalized spacial score (nSPS) is 11.4. The summed E-state index contributed by atoms with van der Waals surface area (Å²) in [6, 6.07) is 9.93. The number of amides is 1. The van der Waals surface area contributed by atoms with Crippen LogP contribution in [0.15, 0.2) is 52.9 Å². The van der Waals surface area contributed by atoms with Gasteiger partial charge in [-0.3, -0.25) is 4.79 Å². The van der Waals surface area contributed by atoms with Crippen LogP contribution in [-0.2, 0) is 26.9 Å². The molecule has 8 nitrogen and oxygen atoms in total. The molecule has 0 unspecified atom stereocenters. The highest BCUT2D eigenvalue weighted by Crippen LogP contribution is 2.31. The zero-order valence-electron chi connectivity index (χ0n) is 18.8. The van der Waals surface area contributed by atoms with Gasteiger partial charge in [0, 0.05) is 11.1 Å². The van der Waals surface area contributed by atoms with E-state index in [1.165, 1.54) is 29.7 Å². The number of aromatic nitrogens is 1. The third-order valence-electron chi connectivity index (χ3n) is 4.34. The fraction of sp³-hybridized carbons (Fsp3) is 0.217. The van der Waals surface area contributed by atoms with Crippen LogP contribution in [0, 0.1) is 3.57 Å². The van der Waals surface area contributed by atoms with Gasteiger partial charge < -0.3 is 14.8 Å². The molecule has 3 aromatic rings. The zero-order chi connectivity index (χ0) is 26.1. The van der Waals surface area contributed by atoms with Crippen LogP contribution in [0.1, 0.15) is 23.7 Å². The molecule has 3 rings (SSSR count). The molecule has 1 heterocycles. The highest BCUT2D eigenvalue weighted by molar-refractivity contribution is 14.1. The summed E-state index contributed by atoms with van der Waals surface area (Å²) in [7, 11) is 0. The minimum absolute atomic E-state index is 0.0592. The maximum absolute atomic E-state index is 12.9. The van der Waals surface area contributed by atoms with E-state index >= 15 is 0 Å². The molecular formula is C23H20F3IN4O4S. The van der Waals surface area contributed by atoms with Crippen molar-refractivity contribution in [2.24, 2.45) is 5.10 Å². The minimum Gasteiger partial charge on any atom is -0.481 e. The highest BCUT2D eigenvalue weighted by atomic mass is 127. The van der Waals surface area contributed by atoms with Crippen molar-refractivity contribution in [3.05, 3.63) is 68.2 Å². The van der Waals surface area contributed by atoms with Crippen molar-refractivity contribution in [1.82, 2.24) is 10.4 Å². The Morgan fingerprint density at radius 1 is 1.22 bits per heavy atom. The molecule has 0 saturated carbocycles. The quantitative estimate of drug-likeness (QED) is 0.139. The van der Waals surface area contributed by atoms with Crippen molar-refractivity contribution in [2.75, 3.05) is 18.5 Å². The summed E-state index contributed by atoms with van der Waals surface area (Å²) >= 11 is 3.22. The lowest BCUT2D eigenvalue weighted by molar-refractivity contribution is -0.145. The van der Waals surface area contributed by atoms with Crippen LogP contribution in [0.5, 0.6) is 5.75 Å². The van der Waals surface area contributed by atoms with Crippen LogP contribution in [0.25, 0.3) is 0 Å². The first-order valence-electron chi connectivity index (χ1n) is 10.4. The highest BCUT2D eigenvalue weighted by Gasteiger charge is 2.30. The number of carbonyl (C=O) groups excluding carboxylic acids is 2. The summed E-state index contributed by atoms with van der Waals surface area (Å²) < 4.78 is 49.6. The van der Waals surface area contributed by atoms with Gasteiger partial charge in [-0.1, -0.05) is 6.07 Å². The lowest BCUT2D eigenvalue weighted by Crippen LogP contribution is -2.20. The number of carbonyl (C=O) groups is 2. The van der Waals surface area contributed by atoms with Crippen molar-refractivity contribution in [2.45, 2.75) is 19.5 Å². The molecule has 0 aliphatic heterocycles. The largest absolute Gasteiger partial charge is 0.481 e. The summed E-state index contributed by atoms with van der Waals surface area (Å²) in [5, 5.41) is 8.74. The van der Waals surface area contributed by atoms with Gasteiger partial charge >= 0.3 is 12.1 Å². The Morgan fingerprint density at radius 3 is 2.75 bits per heavy atom. The molecule has 36 heavy (non-hydrogen) atoms. The zero-order valence-corrected chi connectivity index (χ0v) is 21.7. The first-order valence-corrected chi connectivity index (χ1v) is 12.4. The van der Waals surface area contributed by atoms with E-state index in [2.05, 4.69) is 43.4 Å². The molecule has 1 aromatic heterocycles. The molecule has 1 amide bonds. The average Bonchev–Trinajstić information content (AvgIpc) is 3.24. The lowest BCUT2D eigenvalue weighted by atomic mass is 10.2. The number of hydrazone groups is 1. The van der Waals surface area contributed by atoms with Crippen LogP contribution in [0.4, 0.5) is 24.0 Å². The Balaban J connectivity index is 1.49.